The van der Waals surface area contributed by atoms with Crippen molar-refractivity contribution in [2.45, 2.75) is 25.8 Å². The van der Waals surface area contributed by atoms with Crippen molar-refractivity contribution in [1.82, 2.24) is 10.3 Å². The zero-order valence-electron chi connectivity index (χ0n) is 11.4. The van der Waals surface area contributed by atoms with Gasteiger partial charge in [-0.05, 0) is 25.5 Å². The Balaban J connectivity index is 2.33. The first-order chi connectivity index (χ1) is 9.67. The highest BCUT2D eigenvalue weighted by atomic mass is 16.6. The molecule has 7 nitrogen and oxygen atoms in total. The average molecular weight is 275 g/mol. The lowest BCUT2D eigenvalue weighted by Crippen LogP contribution is -2.38. The van der Waals surface area contributed by atoms with Gasteiger partial charge in [0.15, 0.2) is 0 Å². The number of nitro groups is 1. The smallest absolute Gasteiger partial charge is 0.305 e. The summed E-state index contributed by atoms with van der Waals surface area (Å²) in [6.07, 6.45) is 1.97. The van der Waals surface area contributed by atoms with E-state index in [2.05, 4.69) is 22.1 Å². The van der Waals surface area contributed by atoms with E-state index in [0.29, 0.717) is 11.9 Å². The topological polar surface area (TPSA) is 95.1 Å². The number of nitrogens with zero attached hydrogens (tertiary/aromatic N) is 4. The molecule has 106 valence electrons. The molecule has 1 unspecified atom stereocenters. The predicted octanol–water partition coefficient (Wildman–Crippen LogP) is 1.44. The second-order valence-electron chi connectivity index (χ2n) is 4.75. The Labute approximate surface area is 117 Å². The van der Waals surface area contributed by atoms with Crippen LogP contribution < -0.4 is 10.2 Å². The first-order valence-electron chi connectivity index (χ1n) is 6.70. The minimum absolute atomic E-state index is 0.125. The second-order valence-corrected chi connectivity index (χ2v) is 4.75. The van der Waals surface area contributed by atoms with E-state index in [1.165, 1.54) is 6.07 Å². The molecule has 0 amide bonds. The SMILES string of the molecule is CCCN(c1ccc([N+](=O)[O-])c(C#N)n1)C1CCNC1. The number of pyridine rings is 1. The van der Waals surface area contributed by atoms with E-state index in [1.54, 1.807) is 6.07 Å². The number of hydrogen-bond donors (Lipinski definition) is 1. The van der Waals surface area contributed by atoms with Gasteiger partial charge in [-0.3, -0.25) is 10.1 Å². The fraction of sp³-hybridized carbons (Fsp3) is 0.538. The van der Waals surface area contributed by atoms with E-state index in [9.17, 15) is 10.1 Å². The monoisotopic (exact) mass is 275 g/mol. The van der Waals surface area contributed by atoms with Crippen molar-refractivity contribution >= 4 is 11.5 Å². The largest absolute Gasteiger partial charge is 0.352 e. The quantitative estimate of drug-likeness (QED) is 0.645. The fourth-order valence-corrected chi connectivity index (χ4v) is 2.46. The van der Waals surface area contributed by atoms with E-state index >= 15 is 0 Å². The van der Waals surface area contributed by atoms with Gasteiger partial charge in [0.1, 0.15) is 11.9 Å². The van der Waals surface area contributed by atoms with Crippen LogP contribution in [0.25, 0.3) is 0 Å². The summed E-state index contributed by atoms with van der Waals surface area (Å²) in [5, 5.41) is 23.2. The molecule has 1 aromatic rings. The Bertz CT molecular complexity index is 534. The Morgan fingerprint density at radius 2 is 2.45 bits per heavy atom. The van der Waals surface area contributed by atoms with Crippen molar-refractivity contribution in [3.63, 3.8) is 0 Å². The molecule has 7 heteroatoms. The first kappa shape index (κ1) is 14.2. The molecule has 0 saturated carbocycles. The third-order valence-electron chi connectivity index (χ3n) is 3.40. The molecule has 20 heavy (non-hydrogen) atoms. The zero-order valence-corrected chi connectivity index (χ0v) is 11.4. The molecule has 1 fully saturated rings. The molecule has 0 spiro atoms. The maximum atomic E-state index is 10.8. The molecule has 0 aromatic carbocycles. The summed E-state index contributed by atoms with van der Waals surface area (Å²) in [4.78, 5) is 16.6. The Hall–Kier alpha value is -2.20. The maximum absolute atomic E-state index is 10.8. The molecule has 1 aliphatic heterocycles. The van der Waals surface area contributed by atoms with Crippen LogP contribution in [-0.2, 0) is 0 Å². The lowest BCUT2D eigenvalue weighted by atomic mass is 10.2. The summed E-state index contributed by atoms with van der Waals surface area (Å²) in [6.45, 7) is 4.73. The summed E-state index contributed by atoms with van der Waals surface area (Å²) in [6, 6.07) is 5.14. The van der Waals surface area contributed by atoms with Crippen molar-refractivity contribution in [3.8, 4) is 6.07 Å². The van der Waals surface area contributed by atoms with Gasteiger partial charge >= 0.3 is 5.69 Å². The standard InChI is InChI=1S/C13H17N5O2/c1-2-7-17(10-5-6-15-9-10)13-4-3-12(18(19)20)11(8-14)16-13/h3-4,10,15H,2,5-7,9H2,1H3. The van der Waals surface area contributed by atoms with E-state index in [-0.39, 0.29) is 11.4 Å². The lowest BCUT2D eigenvalue weighted by Gasteiger charge is -2.29. The number of aromatic nitrogens is 1. The van der Waals surface area contributed by atoms with E-state index in [4.69, 9.17) is 5.26 Å². The molecule has 1 saturated heterocycles. The summed E-state index contributed by atoms with van der Waals surface area (Å²) >= 11 is 0. The third kappa shape index (κ3) is 2.86. The van der Waals surface area contributed by atoms with Gasteiger partial charge in [0.2, 0.25) is 5.69 Å². The summed E-state index contributed by atoms with van der Waals surface area (Å²) in [5.41, 5.74) is -0.364. The lowest BCUT2D eigenvalue weighted by molar-refractivity contribution is -0.385. The van der Waals surface area contributed by atoms with Gasteiger partial charge in [0.25, 0.3) is 0 Å². The average Bonchev–Trinajstić information content (AvgIpc) is 2.97. The van der Waals surface area contributed by atoms with Gasteiger partial charge in [0, 0.05) is 25.2 Å². The minimum atomic E-state index is -0.573. The van der Waals surface area contributed by atoms with Crippen LogP contribution in [0.15, 0.2) is 12.1 Å². The molecule has 0 aliphatic carbocycles. The number of hydrogen-bond acceptors (Lipinski definition) is 6. The van der Waals surface area contributed by atoms with Crippen molar-refractivity contribution < 1.29 is 4.92 Å². The molecular formula is C13H17N5O2. The molecule has 0 radical (unpaired) electrons. The Morgan fingerprint density at radius 1 is 1.65 bits per heavy atom. The zero-order chi connectivity index (χ0) is 14.5. The van der Waals surface area contributed by atoms with Crippen LogP contribution in [0, 0.1) is 21.4 Å². The summed E-state index contributed by atoms with van der Waals surface area (Å²) < 4.78 is 0. The summed E-state index contributed by atoms with van der Waals surface area (Å²) in [7, 11) is 0. The van der Waals surface area contributed by atoms with Crippen molar-refractivity contribution in [2.24, 2.45) is 0 Å². The number of nitrogens with one attached hydrogen (secondary N) is 1. The van der Waals surface area contributed by atoms with Crippen molar-refractivity contribution in [2.75, 3.05) is 24.5 Å². The van der Waals surface area contributed by atoms with Gasteiger partial charge in [-0.25, -0.2) is 4.98 Å². The highest BCUT2D eigenvalue weighted by molar-refractivity contribution is 5.52. The van der Waals surface area contributed by atoms with Gasteiger partial charge in [-0.1, -0.05) is 6.92 Å². The van der Waals surface area contributed by atoms with Gasteiger partial charge in [-0.2, -0.15) is 5.26 Å². The highest BCUT2D eigenvalue weighted by Gasteiger charge is 2.25. The molecule has 1 aliphatic rings. The van der Waals surface area contributed by atoms with E-state index in [0.717, 1.165) is 32.5 Å². The Morgan fingerprint density at radius 3 is 3.00 bits per heavy atom. The fourth-order valence-electron chi connectivity index (χ4n) is 2.46. The van der Waals surface area contributed by atoms with Crippen LogP contribution in [0.4, 0.5) is 11.5 Å². The normalized spacial score (nSPS) is 17.7. The van der Waals surface area contributed by atoms with Crippen LogP contribution >= 0.6 is 0 Å². The minimum Gasteiger partial charge on any atom is -0.352 e. The number of nitriles is 1. The van der Waals surface area contributed by atoms with Gasteiger partial charge in [-0.15, -0.1) is 0 Å². The van der Waals surface area contributed by atoms with Crippen LogP contribution in [0.2, 0.25) is 0 Å². The van der Waals surface area contributed by atoms with E-state index < -0.39 is 4.92 Å². The molecule has 2 rings (SSSR count). The molecule has 2 heterocycles. The molecule has 1 aromatic heterocycles. The maximum Gasteiger partial charge on any atom is 0.305 e. The number of rotatable bonds is 5. The van der Waals surface area contributed by atoms with Crippen LogP contribution in [0.3, 0.4) is 0 Å². The van der Waals surface area contributed by atoms with Crippen LogP contribution in [-0.4, -0.2) is 35.6 Å². The van der Waals surface area contributed by atoms with Crippen LogP contribution in [0.1, 0.15) is 25.5 Å². The van der Waals surface area contributed by atoms with E-state index in [1.807, 2.05) is 6.07 Å². The highest BCUT2D eigenvalue weighted by Crippen LogP contribution is 2.23. The predicted molar refractivity (Wildman–Crippen MR) is 74.5 cm³/mol. The summed E-state index contributed by atoms with van der Waals surface area (Å²) in [5.74, 6) is 0.641. The second kappa shape index (κ2) is 6.30. The van der Waals surface area contributed by atoms with Crippen molar-refractivity contribution in [1.29, 1.82) is 5.26 Å². The molecule has 1 N–H and O–H groups in total. The number of anilines is 1. The molecule has 1 atom stereocenters. The van der Waals surface area contributed by atoms with Gasteiger partial charge in [0.05, 0.1) is 4.92 Å². The third-order valence-corrected chi connectivity index (χ3v) is 3.40. The van der Waals surface area contributed by atoms with Crippen LogP contribution in [0.5, 0.6) is 0 Å². The molecule has 0 bridgehead atoms. The van der Waals surface area contributed by atoms with Gasteiger partial charge < -0.3 is 10.2 Å². The first-order valence-corrected chi connectivity index (χ1v) is 6.70. The Kier molecular flexibility index (Phi) is 4.48. The molecular weight excluding hydrogens is 258 g/mol. The van der Waals surface area contributed by atoms with Crippen molar-refractivity contribution in [3.05, 3.63) is 27.9 Å².